The van der Waals surface area contributed by atoms with Gasteiger partial charge in [-0.15, -0.1) is 0 Å². The lowest BCUT2D eigenvalue weighted by Gasteiger charge is -2.32. The molecule has 2 N–H and O–H groups in total. The van der Waals surface area contributed by atoms with Crippen LogP contribution in [-0.2, 0) is 19.2 Å². The number of fused-ring (bicyclic) bond motifs is 1. The van der Waals surface area contributed by atoms with Gasteiger partial charge >= 0.3 is 0 Å². The summed E-state index contributed by atoms with van der Waals surface area (Å²) in [5, 5.41) is 13.1. The zero-order chi connectivity index (χ0) is 29.0. The van der Waals surface area contributed by atoms with Crippen molar-refractivity contribution in [1.82, 2.24) is 15.1 Å². The first-order valence-electron chi connectivity index (χ1n) is 11.9. The summed E-state index contributed by atoms with van der Waals surface area (Å²) in [6, 6.07) is 12.7. The minimum atomic E-state index is -0.147. The number of nitrogens with one attached hydrogen (secondary N) is 1. The lowest BCUT2D eigenvalue weighted by atomic mass is 10.1. The summed E-state index contributed by atoms with van der Waals surface area (Å²) >= 11 is 3.45. The average molecular weight is 581 g/mol. The van der Waals surface area contributed by atoms with Gasteiger partial charge in [-0.2, -0.15) is 0 Å². The molecule has 0 aromatic heterocycles. The number of aryl methyl sites for hydroxylation is 1. The molecule has 2 amide bonds. The van der Waals surface area contributed by atoms with Gasteiger partial charge in [-0.05, 0) is 63.1 Å². The third-order valence-corrected chi connectivity index (χ3v) is 5.91. The van der Waals surface area contributed by atoms with Crippen LogP contribution in [-0.4, -0.2) is 80.1 Å². The molecule has 0 radical (unpaired) electrons. The van der Waals surface area contributed by atoms with E-state index in [2.05, 4.69) is 71.1 Å². The first-order valence-corrected chi connectivity index (χ1v) is 12.7. The Morgan fingerprint density at radius 3 is 2.22 bits per heavy atom. The van der Waals surface area contributed by atoms with E-state index < -0.39 is 0 Å². The SMILES string of the molecule is C=C(CC)N(C)C(=O)CN1CCC[C@H](NC)C1=O.C=O.C=O.CCO.Cc1ccc2cc(Br)ccc2c1. The van der Waals surface area contributed by atoms with Crippen LogP contribution in [0.3, 0.4) is 0 Å². The number of allylic oxidation sites excluding steroid dienone is 1. The fourth-order valence-corrected chi connectivity index (χ4v) is 3.76. The molecule has 1 aliphatic rings. The van der Waals surface area contributed by atoms with Gasteiger partial charge in [-0.1, -0.05) is 59.3 Å². The van der Waals surface area contributed by atoms with Crippen molar-refractivity contribution in [3.63, 3.8) is 0 Å². The van der Waals surface area contributed by atoms with Gasteiger partial charge in [-0.3, -0.25) is 9.59 Å². The molecule has 9 heteroatoms. The maximum Gasteiger partial charge on any atom is 0.246 e. The second kappa shape index (κ2) is 21.2. The van der Waals surface area contributed by atoms with Crippen LogP contribution >= 0.6 is 15.9 Å². The minimum Gasteiger partial charge on any atom is -0.397 e. The summed E-state index contributed by atoms with van der Waals surface area (Å²) in [4.78, 5) is 43.2. The summed E-state index contributed by atoms with van der Waals surface area (Å²) in [5.74, 6) is -0.0560. The average Bonchev–Trinajstić information content (AvgIpc) is 2.92. The van der Waals surface area contributed by atoms with E-state index in [4.69, 9.17) is 14.7 Å². The second-order valence-corrected chi connectivity index (χ2v) is 8.84. The van der Waals surface area contributed by atoms with Crippen molar-refractivity contribution >= 4 is 52.1 Å². The number of benzene rings is 2. The summed E-state index contributed by atoms with van der Waals surface area (Å²) < 4.78 is 1.14. The van der Waals surface area contributed by atoms with Crippen LogP contribution in [0.25, 0.3) is 10.8 Å². The number of hydrogen-bond acceptors (Lipinski definition) is 6. The molecule has 0 saturated carbocycles. The van der Waals surface area contributed by atoms with Gasteiger partial charge in [0.1, 0.15) is 20.1 Å². The summed E-state index contributed by atoms with van der Waals surface area (Å²) in [5.41, 5.74) is 2.08. The van der Waals surface area contributed by atoms with E-state index in [1.165, 1.54) is 21.2 Å². The highest BCUT2D eigenvalue weighted by Crippen LogP contribution is 2.20. The maximum absolute atomic E-state index is 12.0. The summed E-state index contributed by atoms with van der Waals surface area (Å²) in [6.07, 6.45) is 2.51. The Kier molecular flexibility index (Phi) is 20.8. The fraction of sp³-hybridized carbons (Fsp3) is 0.429. The highest BCUT2D eigenvalue weighted by Gasteiger charge is 2.29. The zero-order valence-corrected chi connectivity index (χ0v) is 24.3. The zero-order valence-electron chi connectivity index (χ0n) is 22.8. The third-order valence-electron chi connectivity index (χ3n) is 5.42. The number of aliphatic hydroxyl groups is 1. The van der Waals surface area contributed by atoms with Crippen LogP contribution in [0.5, 0.6) is 0 Å². The number of nitrogens with zero attached hydrogens (tertiary/aromatic N) is 2. The first-order chi connectivity index (χ1) is 17.7. The highest BCUT2D eigenvalue weighted by molar-refractivity contribution is 9.10. The van der Waals surface area contributed by atoms with Crippen LogP contribution in [0, 0.1) is 6.92 Å². The maximum atomic E-state index is 12.0. The number of carbonyl (C=O) groups excluding carboxylic acids is 4. The van der Waals surface area contributed by atoms with E-state index in [9.17, 15) is 9.59 Å². The van der Waals surface area contributed by atoms with Crippen LogP contribution in [0.1, 0.15) is 38.7 Å². The van der Waals surface area contributed by atoms with E-state index in [1.54, 1.807) is 25.9 Å². The number of hydrogen-bond donors (Lipinski definition) is 2. The molecule has 0 spiro atoms. The highest BCUT2D eigenvalue weighted by atomic mass is 79.9. The molecule has 0 unspecified atom stereocenters. The van der Waals surface area contributed by atoms with Crippen molar-refractivity contribution in [3.8, 4) is 0 Å². The first kappa shape index (κ1) is 36.3. The van der Waals surface area contributed by atoms with Gasteiger partial charge in [0.05, 0.1) is 6.04 Å². The molecular formula is C28H42BrN3O5. The Morgan fingerprint density at radius 2 is 1.68 bits per heavy atom. The van der Waals surface area contributed by atoms with Crippen molar-refractivity contribution in [2.24, 2.45) is 0 Å². The molecule has 1 atom stereocenters. The number of piperidine rings is 1. The summed E-state index contributed by atoms with van der Waals surface area (Å²) in [7, 11) is 3.48. The predicted molar refractivity (Wildman–Crippen MR) is 154 cm³/mol. The van der Waals surface area contributed by atoms with Gasteiger partial charge in [0.15, 0.2) is 0 Å². The van der Waals surface area contributed by atoms with Gasteiger partial charge in [0, 0.05) is 30.4 Å². The van der Waals surface area contributed by atoms with E-state index in [1.807, 2.05) is 20.5 Å². The normalized spacial score (nSPS) is 13.8. The Labute approximate surface area is 229 Å². The standard InChI is InChI=1S/C13H23N3O2.C11H9Br.C2H6O.2CH2O/c1-5-10(2)15(4)12(17)9-16-8-6-7-11(14-3)13(16)18;1-8-2-3-10-7-11(12)5-4-9(10)6-8;1-2-3;2*1-2/h11,14H,2,5-9H2,1,3-4H3;2-7H,1H3;3H,2H2,1H3;2*1H2/t11-;;;;/m0..../s1. The van der Waals surface area contributed by atoms with Crippen molar-refractivity contribution in [2.45, 2.75) is 46.1 Å². The van der Waals surface area contributed by atoms with E-state index in [-0.39, 0.29) is 31.0 Å². The van der Waals surface area contributed by atoms with Crippen LogP contribution in [0.15, 0.2) is 53.1 Å². The van der Waals surface area contributed by atoms with E-state index >= 15 is 0 Å². The molecule has 1 aliphatic heterocycles. The van der Waals surface area contributed by atoms with Gasteiger partial charge in [-0.25, -0.2) is 0 Å². The molecule has 1 heterocycles. The molecule has 1 saturated heterocycles. The van der Waals surface area contributed by atoms with Crippen molar-refractivity contribution < 1.29 is 24.3 Å². The molecule has 37 heavy (non-hydrogen) atoms. The molecule has 2 aromatic rings. The number of amides is 2. The predicted octanol–water partition coefficient (Wildman–Crippen LogP) is 4.12. The Bertz CT molecular complexity index is 927. The van der Waals surface area contributed by atoms with Gasteiger partial charge < -0.3 is 29.8 Å². The number of halogens is 1. The van der Waals surface area contributed by atoms with Gasteiger partial charge in [0.2, 0.25) is 11.8 Å². The minimum absolute atomic E-state index is 0.0209. The number of likely N-dealkylation sites (N-methyl/N-ethyl adjacent to an activating group) is 2. The fourth-order valence-electron chi connectivity index (χ4n) is 3.38. The molecule has 0 bridgehead atoms. The van der Waals surface area contributed by atoms with Crippen LogP contribution in [0.2, 0.25) is 0 Å². The molecule has 0 aliphatic carbocycles. The van der Waals surface area contributed by atoms with Gasteiger partial charge in [0.25, 0.3) is 0 Å². The Balaban J connectivity index is 0. The van der Waals surface area contributed by atoms with Crippen molar-refractivity contribution in [2.75, 3.05) is 33.8 Å². The summed E-state index contributed by atoms with van der Waals surface area (Å²) in [6.45, 7) is 14.6. The largest absolute Gasteiger partial charge is 0.397 e. The number of carbonyl (C=O) groups is 4. The monoisotopic (exact) mass is 579 g/mol. The number of likely N-dealkylation sites (tertiary alicyclic amines) is 1. The molecule has 1 fully saturated rings. The molecule has 3 rings (SSSR count). The number of aliphatic hydroxyl groups excluding tert-OH is 1. The van der Waals surface area contributed by atoms with E-state index in [0.29, 0.717) is 6.54 Å². The molecule has 206 valence electrons. The van der Waals surface area contributed by atoms with Crippen molar-refractivity contribution in [1.29, 1.82) is 0 Å². The lowest BCUT2D eigenvalue weighted by Crippen LogP contribution is -2.52. The smallest absolute Gasteiger partial charge is 0.246 e. The molecular weight excluding hydrogens is 538 g/mol. The second-order valence-electron chi connectivity index (χ2n) is 7.93. The third kappa shape index (κ3) is 13.3. The quantitative estimate of drug-likeness (QED) is 0.551. The van der Waals surface area contributed by atoms with E-state index in [0.717, 1.165) is 29.4 Å². The lowest BCUT2D eigenvalue weighted by molar-refractivity contribution is -0.142. The molecule has 2 aromatic carbocycles. The van der Waals surface area contributed by atoms with Crippen LogP contribution < -0.4 is 5.32 Å². The molecule has 8 nitrogen and oxygen atoms in total. The topological polar surface area (TPSA) is 107 Å². The van der Waals surface area contributed by atoms with Crippen LogP contribution in [0.4, 0.5) is 0 Å². The van der Waals surface area contributed by atoms with Crippen molar-refractivity contribution in [3.05, 3.63) is 58.7 Å². The Hall–Kier alpha value is -2.88. The Morgan fingerprint density at radius 1 is 1.14 bits per heavy atom. The number of rotatable bonds is 5.